The summed E-state index contributed by atoms with van der Waals surface area (Å²) in [5.74, 6) is 0.891. The van der Waals surface area contributed by atoms with Gasteiger partial charge < -0.3 is 5.32 Å². The Bertz CT molecular complexity index is 514. The van der Waals surface area contributed by atoms with Crippen LogP contribution in [0, 0.1) is 0 Å². The van der Waals surface area contributed by atoms with Crippen molar-refractivity contribution in [3.63, 3.8) is 0 Å². The Kier molecular flexibility index (Phi) is 3.66. The van der Waals surface area contributed by atoms with Crippen LogP contribution in [0.3, 0.4) is 0 Å². The lowest BCUT2D eigenvalue weighted by Crippen LogP contribution is -2.02. The third-order valence-corrected chi connectivity index (χ3v) is 3.11. The predicted molar refractivity (Wildman–Crippen MR) is 73.2 cm³/mol. The van der Waals surface area contributed by atoms with E-state index in [1.807, 2.05) is 18.2 Å². The number of rotatable bonds is 3. The highest BCUT2D eigenvalue weighted by Crippen LogP contribution is 2.31. The molecule has 0 spiro atoms. The molecule has 0 radical (unpaired) electrons. The molecule has 16 heavy (non-hydrogen) atoms. The lowest BCUT2D eigenvalue weighted by molar-refractivity contribution is 0.972. The SMILES string of the molecule is CCCNc1nccc2c(Cl)cc(Br)cc12. The summed E-state index contributed by atoms with van der Waals surface area (Å²) in [5, 5.41) is 6.12. The van der Waals surface area contributed by atoms with Gasteiger partial charge in [-0.2, -0.15) is 0 Å². The highest BCUT2D eigenvalue weighted by Gasteiger charge is 2.06. The first kappa shape index (κ1) is 11.7. The van der Waals surface area contributed by atoms with E-state index in [9.17, 15) is 0 Å². The van der Waals surface area contributed by atoms with Gasteiger partial charge in [-0.3, -0.25) is 0 Å². The molecule has 2 nitrogen and oxygen atoms in total. The molecule has 1 aromatic heterocycles. The average molecular weight is 300 g/mol. The number of fused-ring (bicyclic) bond motifs is 1. The molecule has 2 rings (SSSR count). The molecule has 0 atom stereocenters. The summed E-state index contributed by atoms with van der Waals surface area (Å²) in [6.45, 7) is 3.04. The van der Waals surface area contributed by atoms with Gasteiger partial charge in [0.2, 0.25) is 0 Å². The smallest absolute Gasteiger partial charge is 0.133 e. The molecule has 0 fully saturated rings. The van der Waals surface area contributed by atoms with Crippen LogP contribution in [-0.2, 0) is 0 Å². The zero-order valence-electron chi connectivity index (χ0n) is 8.93. The first-order valence-electron chi connectivity index (χ1n) is 5.20. The molecule has 84 valence electrons. The summed E-state index contributed by atoms with van der Waals surface area (Å²) < 4.78 is 0.970. The number of benzene rings is 1. The van der Waals surface area contributed by atoms with Gasteiger partial charge in [0.05, 0.1) is 0 Å². The molecular weight excluding hydrogens is 288 g/mol. The van der Waals surface area contributed by atoms with Crippen LogP contribution in [0.1, 0.15) is 13.3 Å². The van der Waals surface area contributed by atoms with Crippen molar-refractivity contribution in [1.29, 1.82) is 0 Å². The number of nitrogens with one attached hydrogen (secondary N) is 1. The highest BCUT2D eigenvalue weighted by molar-refractivity contribution is 9.10. The van der Waals surface area contributed by atoms with E-state index in [1.54, 1.807) is 6.20 Å². The van der Waals surface area contributed by atoms with E-state index in [4.69, 9.17) is 11.6 Å². The molecule has 0 bridgehead atoms. The summed E-state index contributed by atoms with van der Waals surface area (Å²) in [5.41, 5.74) is 0. The zero-order chi connectivity index (χ0) is 11.5. The maximum atomic E-state index is 6.18. The van der Waals surface area contributed by atoms with E-state index in [-0.39, 0.29) is 0 Å². The van der Waals surface area contributed by atoms with Gasteiger partial charge in [-0.05, 0) is 24.6 Å². The Balaban J connectivity index is 2.57. The van der Waals surface area contributed by atoms with Crippen molar-refractivity contribution < 1.29 is 0 Å². The second-order valence-corrected chi connectivity index (χ2v) is 4.89. The van der Waals surface area contributed by atoms with E-state index < -0.39 is 0 Å². The summed E-state index contributed by atoms with van der Waals surface area (Å²) in [4.78, 5) is 4.34. The van der Waals surface area contributed by atoms with Crippen LogP contribution in [0.5, 0.6) is 0 Å². The van der Waals surface area contributed by atoms with Gasteiger partial charge in [0.15, 0.2) is 0 Å². The number of anilines is 1. The van der Waals surface area contributed by atoms with E-state index in [1.165, 1.54) is 0 Å². The molecule has 0 aliphatic rings. The van der Waals surface area contributed by atoms with Crippen molar-refractivity contribution >= 4 is 44.1 Å². The number of nitrogens with zero attached hydrogens (tertiary/aromatic N) is 1. The fraction of sp³-hybridized carbons (Fsp3) is 0.250. The number of pyridine rings is 1. The van der Waals surface area contributed by atoms with Gasteiger partial charge in [0.25, 0.3) is 0 Å². The summed E-state index contributed by atoms with van der Waals surface area (Å²) >= 11 is 9.63. The summed E-state index contributed by atoms with van der Waals surface area (Å²) in [6, 6.07) is 5.86. The molecule has 0 amide bonds. The van der Waals surface area contributed by atoms with Crippen molar-refractivity contribution in [2.45, 2.75) is 13.3 Å². The molecule has 0 saturated carbocycles. The minimum atomic E-state index is 0.742. The zero-order valence-corrected chi connectivity index (χ0v) is 11.3. The maximum Gasteiger partial charge on any atom is 0.133 e. The number of hydrogen-bond acceptors (Lipinski definition) is 2. The molecule has 4 heteroatoms. The van der Waals surface area contributed by atoms with Crippen LogP contribution in [0.25, 0.3) is 10.8 Å². The molecule has 2 aromatic rings. The van der Waals surface area contributed by atoms with Gasteiger partial charge in [-0.15, -0.1) is 0 Å². The van der Waals surface area contributed by atoms with Gasteiger partial charge in [-0.25, -0.2) is 4.98 Å². The van der Waals surface area contributed by atoms with Crippen molar-refractivity contribution in [1.82, 2.24) is 4.98 Å². The first-order chi connectivity index (χ1) is 7.72. The van der Waals surface area contributed by atoms with Crippen LogP contribution in [0.2, 0.25) is 5.02 Å². The largest absolute Gasteiger partial charge is 0.370 e. The Hall–Kier alpha value is -0.800. The molecule has 1 heterocycles. The first-order valence-corrected chi connectivity index (χ1v) is 6.37. The van der Waals surface area contributed by atoms with E-state index in [0.717, 1.165) is 39.1 Å². The van der Waals surface area contributed by atoms with Crippen LogP contribution < -0.4 is 5.32 Å². The minimum absolute atomic E-state index is 0.742. The van der Waals surface area contributed by atoms with Crippen molar-refractivity contribution in [2.24, 2.45) is 0 Å². The second-order valence-electron chi connectivity index (χ2n) is 3.57. The number of halogens is 2. The number of hydrogen-bond donors (Lipinski definition) is 1. The fourth-order valence-corrected chi connectivity index (χ4v) is 2.46. The molecule has 0 aliphatic carbocycles. The van der Waals surface area contributed by atoms with E-state index in [0.29, 0.717) is 0 Å². The monoisotopic (exact) mass is 298 g/mol. The average Bonchev–Trinajstić information content (AvgIpc) is 2.26. The molecule has 1 N–H and O–H groups in total. The molecule has 0 saturated heterocycles. The quantitative estimate of drug-likeness (QED) is 0.904. The Morgan fingerprint density at radius 2 is 2.19 bits per heavy atom. The molecule has 0 unspecified atom stereocenters. The number of aromatic nitrogens is 1. The van der Waals surface area contributed by atoms with Crippen LogP contribution in [0.4, 0.5) is 5.82 Å². The van der Waals surface area contributed by atoms with Gasteiger partial charge in [0.1, 0.15) is 5.82 Å². The topological polar surface area (TPSA) is 24.9 Å². The highest BCUT2D eigenvalue weighted by atomic mass is 79.9. The van der Waals surface area contributed by atoms with E-state index >= 15 is 0 Å². The minimum Gasteiger partial charge on any atom is -0.370 e. The Morgan fingerprint density at radius 1 is 1.38 bits per heavy atom. The van der Waals surface area contributed by atoms with Crippen LogP contribution in [0.15, 0.2) is 28.9 Å². The van der Waals surface area contributed by atoms with Gasteiger partial charge in [0, 0.05) is 33.0 Å². The molecular formula is C12H12BrClN2. The van der Waals surface area contributed by atoms with Crippen LogP contribution in [-0.4, -0.2) is 11.5 Å². The van der Waals surface area contributed by atoms with Crippen molar-refractivity contribution in [3.05, 3.63) is 33.9 Å². The molecule has 1 aromatic carbocycles. The summed E-state index contributed by atoms with van der Waals surface area (Å²) in [7, 11) is 0. The maximum absolute atomic E-state index is 6.18. The van der Waals surface area contributed by atoms with Gasteiger partial charge in [-0.1, -0.05) is 34.5 Å². The van der Waals surface area contributed by atoms with Gasteiger partial charge >= 0.3 is 0 Å². The lowest BCUT2D eigenvalue weighted by Gasteiger charge is -2.09. The Labute approximate surface area is 108 Å². The molecule has 0 aliphatic heterocycles. The Morgan fingerprint density at radius 3 is 2.94 bits per heavy atom. The van der Waals surface area contributed by atoms with Crippen molar-refractivity contribution in [2.75, 3.05) is 11.9 Å². The van der Waals surface area contributed by atoms with E-state index in [2.05, 4.69) is 33.2 Å². The lowest BCUT2D eigenvalue weighted by atomic mass is 10.1. The second kappa shape index (κ2) is 5.02. The fourth-order valence-electron chi connectivity index (χ4n) is 1.59. The normalized spacial score (nSPS) is 10.7. The third-order valence-electron chi connectivity index (χ3n) is 2.34. The standard InChI is InChI=1S/C12H12BrClN2/c1-2-4-15-12-10-6-8(13)7-11(14)9(10)3-5-16-12/h3,5-7H,2,4H2,1H3,(H,15,16). The third kappa shape index (κ3) is 2.30. The van der Waals surface area contributed by atoms with Crippen molar-refractivity contribution in [3.8, 4) is 0 Å². The van der Waals surface area contributed by atoms with Crippen LogP contribution >= 0.6 is 27.5 Å². The predicted octanol–water partition coefficient (Wildman–Crippen LogP) is 4.47. The summed E-state index contributed by atoms with van der Waals surface area (Å²) in [6.07, 6.45) is 2.85.